The third kappa shape index (κ3) is 3.92. The maximum Gasteiger partial charge on any atom is 0.322 e. The molecule has 9 heteroatoms. The van der Waals surface area contributed by atoms with Gasteiger partial charge in [0, 0.05) is 37.8 Å². The summed E-state index contributed by atoms with van der Waals surface area (Å²) < 4.78 is 0. The van der Waals surface area contributed by atoms with Gasteiger partial charge in [-0.1, -0.05) is 25.4 Å². The van der Waals surface area contributed by atoms with Crippen LogP contribution in [-0.2, 0) is 9.59 Å². The van der Waals surface area contributed by atoms with Crippen LogP contribution in [0.2, 0.25) is 5.02 Å². The van der Waals surface area contributed by atoms with Crippen LogP contribution < -0.4 is 15.5 Å². The molecule has 0 saturated carbocycles. The van der Waals surface area contributed by atoms with Crippen molar-refractivity contribution in [2.24, 2.45) is 5.92 Å². The van der Waals surface area contributed by atoms with E-state index in [4.69, 9.17) is 11.6 Å². The SMILES string of the molecule is CCC1(CC(C)C(=O)N2CCN(c3cncc(Cl)c3)[C@@H](C)C2)NC(=O)NC1=O. The highest BCUT2D eigenvalue weighted by atomic mass is 35.5. The van der Waals surface area contributed by atoms with Crippen LogP contribution in [0, 0.1) is 5.92 Å². The molecule has 2 N–H and O–H groups in total. The number of anilines is 1. The van der Waals surface area contributed by atoms with Crippen molar-refractivity contribution in [2.75, 3.05) is 24.5 Å². The molecule has 4 amide bonds. The van der Waals surface area contributed by atoms with Crippen molar-refractivity contribution in [2.45, 2.75) is 45.2 Å². The Kier molecular flexibility index (Phi) is 5.79. The van der Waals surface area contributed by atoms with Gasteiger partial charge in [0.25, 0.3) is 5.91 Å². The van der Waals surface area contributed by atoms with Crippen molar-refractivity contribution in [1.82, 2.24) is 20.5 Å². The molecule has 2 fully saturated rings. The summed E-state index contributed by atoms with van der Waals surface area (Å²) in [5.41, 5.74) is -0.0677. The van der Waals surface area contributed by atoms with E-state index in [1.807, 2.05) is 24.8 Å². The normalized spacial score (nSPS) is 26.1. The molecule has 1 aromatic rings. The quantitative estimate of drug-likeness (QED) is 0.725. The van der Waals surface area contributed by atoms with Crippen molar-refractivity contribution in [3.05, 3.63) is 23.5 Å². The lowest BCUT2D eigenvalue weighted by Gasteiger charge is -2.42. The van der Waals surface area contributed by atoms with Crippen LogP contribution in [-0.4, -0.2) is 58.9 Å². The summed E-state index contributed by atoms with van der Waals surface area (Å²) in [7, 11) is 0. The lowest BCUT2D eigenvalue weighted by molar-refractivity contribution is -0.137. The Morgan fingerprint density at radius 1 is 1.39 bits per heavy atom. The van der Waals surface area contributed by atoms with E-state index in [0.29, 0.717) is 31.1 Å². The Labute approximate surface area is 169 Å². The van der Waals surface area contributed by atoms with Crippen LogP contribution in [0.15, 0.2) is 18.5 Å². The van der Waals surface area contributed by atoms with Crippen LogP contribution >= 0.6 is 11.6 Å². The van der Waals surface area contributed by atoms with Crippen molar-refractivity contribution in [1.29, 1.82) is 0 Å². The van der Waals surface area contributed by atoms with Gasteiger partial charge in [0.15, 0.2) is 0 Å². The highest BCUT2D eigenvalue weighted by molar-refractivity contribution is 6.30. The predicted octanol–water partition coefficient (Wildman–Crippen LogP) is 1.79. The molecule has 2 aliphatic rings. The smallest absolute Gasteiger partial charge is 0.322 e. The summed E-state index contributed by atoms with van der Waals surface area (Å²) in [6.07, 6.45) is 4.09. The van der Waals surface area contributed by atoms with Gasteiger partial charge in [-0.3, -0.25) is 19.9 Å². The van der Waals surface area contributed by atoms with Crippen LogP contribution in [0.1, 0.15) is 33.6 Å². The Morgan fingerprint density at radius 2 is 2.14 bits per heavy atom. The van der Waals surface area contributed by atoms with E-state index >= 15 is 0 Å². The number of carbonyl (C=O) groups is 3. The zero-order valence-corrected chi connectivity index (χ0v) is 17.1. The fourth-order valence-electron chi connectivity index (χ4n) is 4.09. The van der Waals surface area contributed by atoms with Crippen LogP contribution in [0.4, 0.5) is 10.5 Å². The van der Waals surface area contributed by atoms with Crippen LogP contribution in [0.3, 0.4) is 0 Å². The molecule has 152 valence electrons. The van der Waals surface area contributed by atoms with E-state index in [0.717, 1.165) is 5.69 Å². The van der Waals surface area contributed by atoms with E-state index in [1.54, 1.807) is 12.4 Å². The van der Waals surface area contributed by atoms with Crippen LogP contribution in [0.25, 0.3) is 0 Å². The fraction of sp³-hybridized carbons (Fsp3) is 0.579. The number of piperazine rings is 1. The van der Waals surface area contributed by atoms with E-state index in [-0.39, 0.29) is 30.2 Å². The van der Waals surface area contributed by atoms with E-state index in [1.165, 1.54) is 0 Å². The number of imide groups is 1. The first kappa shape index (κ1) is 20.4. The largest absolute Gasteiger partial charge is 0.364 e. The van der Waals surface area contributed by atoms with Gasteiger partial charge in [-0.25, -0.2) is 4.79 Å². The summed E-state index contributed by atoms with van der Waals surface area (Å²) in [6.45, 7) is 7.55. The monoisotopic (exact) mass is 407 g/mol. The molecule has 0 aliphatic carbocycles. The Balaban J connectivity index is 1.64. The van der Waals surface area contributed by atoms with Crippen LogP contribution in [0.5, 0.6) is 0 Å². The second kappa shape index (κ2) is 7.95. The highest BCUT2D eigenvalue weighted by Gasteiger charge is 2.46. The Morgan fingerprint density at radius 3 is 2.71 bits per heavy atom. The number of nitrogens with zero attached hydrogens (tertiary/aromatic N) is 3. The molecular formula is C19H26ClN5O3. The number of hydrogen-bond donors (Lipinski definition) is 2. The van der Waals surface area contributed by atoms with Crippen molar-refractivity contribution < 1.29 is 14.4 Å². The van der Waals surface area contributed by atoms with Crippen molar-refractivity contribution in [3.8, 4) is 0 Å². The van der Waals surface area contributed by atoms with Gasteiger partial charge in [-0.15, -0.1) is 0 Å². The molecule has 0 aromatic carbocycles. The van der Waals surface area contributed by atoms with Crippen molar-refractivity contribution >= 4 is 35.1 Å². The number of nitrogens with one attached hydrogen (secondary N) is 2. The van der Waals surface area contributed by atoms with E-state index in [2.05, 4.69) is 27.4 Å². The third-order valence-electron chi connectivity index (χ3n) is 5.66. The van der Waals surface area contributed by atoms with E-state index in [9.17, 15) is 14.4 Å². The number of aromatic nitrogens is 1. The molecule has 28 heavy (non-hydrogen) atoms. The van der Waals surface area contributed by atoms with E-state index < -0.39 is 11.6 Å². The van der Waals surface area contributed by atoms with Gasteiger partial charge >= 0.3 is 6.03 Å². The number of hydrogen-bond acceptors (Lipinski definition) is 5. The number of pyridine rings is 1. The van der Waals surface area contributed by atoms with Gasteiger partial charge in [0.05, 0.1) is 16.9 Å². The topological polar surface area (TPSA) is 94.6 Å². The minimum absolute atomic E-state index is 0.00232. The first-order chi connectivity index (χ1) is 13.3. The summed E-state index contributed by atoms with van der Waals surface area (Å²) in [6, 6.07) is 1.49. The lowest BCUT2D eigenvalue weighted by Crippen LogP contribution is -2.56. The maximum absolute atomic E-state index is 13.0. The summed E-state index contributed by atoms with van der Waals surface area (Å²) >= 11 is 6.05. The second-order valence-electron chi connectivity index (χ2n) is 7.64. The zero-order chi connectivity index (χ0) is 20.5. The first-order valence-electron chi connectivity index (χ1n) is 9.55. The molecule has 3 rings (SSSR count). The predicted molar refractivity (Wildman–Crippen MR) is 106 cm³/mol. The lowest BCUT2D eigenvalue weighted by atomic mass is 9.85. The molecule has 1 aromatic heterocycles. The van der Waals surface area contributed by atoms with Gasteiger partial charge in [-0.2, -0.15) is 0 Å². The second-order valence-corrected chi connectivity index (χ2v) is 8.07. The molecule has 0 radical (unpaired) electrons. The number of urea groups is 1. The number of amides is 4. The zero-order valence-electron chi connectivity index (χ0n) is 16.4. The maximum atomic E-state index is 13.0. The van der Waals surface area contributed by atoms with Gasteiger partial charge < -0.3 is 15.1 Å². The molecule has 3 atom stereocenters. The Bertz CT molecular complexity index is 789. The number of carbonyl (C=O) groups excluding carboxylic acids is 3. The minimum Gasteiger partial charge on any atom is -0.364 e. The standard InChI is InChI=1S/C19H26ClN5O3/c1-4-19(17(27)22-18(28)23-19)8-12(2)16(26)24-5-6-25(13(3)11-24)15-7-14(20)9-21-10-15/h7,9-10,12-13H,4-6,8,11H2,1-3H3,(H2,22,23,27,28)/t12?,13-,19?/m0/s1. The molecule has 3 heterocycles. The molecule has 2 unspecified atom stereocenters. The molecule has 0 spiro atoms. The Hall–Kier alpha value is -2.35. The van der Waals surface area contributed by atoms with Gasteiger partial charge in [0.1, 0.15) is 5.54 Å². The minimum atomic E-state index is -1.01. The summed E-state index contributed by atoms with van der Waals surface area (Å²) in [4.78, 5) is 44.9. The first-order valence-corrected chi connectivity index (χ1v) is 9.93. The highest BCUT2D eigenvalue weighted by Crippen LogP contribution is 2.27. The molecule has 0 bridgehead atoms. The summed E-state index contributed by atoms with van der Waals surface area (Å²) in [5.74, 6) is -0.737. The molecule has 8 nitrogen and oxygen atoms in total. The van der Waals surface area contributed by atoms with Crippen molar-refractivity contribution in [3.63, 3.8) is 0 Å². The third-order valence-corrected chi connectivity index (χ3v) is 5.86. The fourth-order valence-corrected chi connectivity index (χ4v) is 4.25. The average molecular weight is 408 g/mol. The number of rotatable bonds is 5. The summed E-state index contributed by atoms with van der Waals surface area (Å²) in [5, 5.41) is 5.56. The average Bonchev–Trinajstić information content (AvgIpc) is 2.94. The number of halogens is 1. The van der Waals surface area contributed by atoms with Gasteiger partial charge in [-0.05, 0) is 25.8 Å². The van der Waals surface area contributed by atoms with Gasteiger partial charge in [0.2, 0.25) is 5.91 Å². The molecular weight excluding hydrogens is 382 g/mol. The molecule has 2 aliphatic heterocycles. The molecule has 2 saturated heterocycles.